The predicted molar refractivity (Wildman–Crippen MR) is 116 cm³/mol. The second kappa shape index (κ2) is 9.61. The van der Waals surface area contributed by atoms with Crippen molar-refractivity contribution in [3.63, 3.8) is 0 Å². The Morgan fingerprint density at radius 2 is 1.94 bits per heavy atom. The van der Waals surface area contributed by atoms with Crippen LogP contribution in [-0.4, -0.2) is 61.1 Å². The summed E-state index contributed by atoms with van der Waals surface area (Å²) >= 11 is 0. The van der Waals surface area contributed by atoms with Gasteiger partial charge in [0.05, 0.1) is 45.5 Å². The molecule has 1 saturated heterocycles. The van der Waals surface area contributed by atoms with Crippen LogP contribution in [0.1, 0.15) is 27.9 Å². The fraction of sp³-hybridized carbons (Fsp3) is 0.348. The molecule has 1 unspecified atom stereocenters. The number of carbonyl (C=O) groups excluding carboxylic acids is 1. The fourth-order valence-corrected chi connectivity index (χ4v) is 3.65. The number of ether oxygens (including phenoxy) is 2. The third-order valence-corrected chi connectivity index (χ3v) is 5.30. The Kier molecular flexibility index (Phi) is 6.47. The first-order valence-corrected chi connectivity index (χ1v) is 10.3. The number of carboxylic acids is 1. The summed E-state index contributed by atoms with van der Waals surface area (Å²) in [6.07, 6.45) is 2.46. The van der Waals surface area contributed by atoms with Gasteiger partial charge in [-0.2, -0.15) is 5.10 Å². The van der Waals surface area contributed by atoms with E-state index in [4.69, 9.17) is 14.6 Å². The van der Waals surface area contributed by atoms with Crippen LogP contribution in [0.2, 0.25) is 0 Å². The molecule has 1 amide bonds. The number of hydrogen-bond donors (Lipinski definition) is 2. The maximum Gasteiger partial charge on any atom is 0.303 e. The van der Waals surface area contributed by atoms with Crippen LogP contribution in [0.5, 0.6) is 5.75 Å². The molecule has 2 aromatic carbocycles. The van der Waals surface area contributed by atoms with E-state index >= 15 is 0 Å². The second-order valence-corrected chi connectivity index (χ2v) is 7.69. The van der Waals surface area contributed by atoms with Crippen molar-refractivity contribution >= 4 is 23.8 Å². The number of amides is 1. The van der Waals surface area contributed by atoms with E-state index in [1.165, 1.54) is 0 Å². The van der Waals surface area contributed by atoms with E-state index in [9.17, 15) is 9.59 Å². The number of carboxylic acid groups (broad SMARTS) is 1. The van der Waals surface area contributed by atoms with Gasteiger partial charge < -0.3 is 19.9 Å². The highest BCUT2D eigenvalue weighted by atomic mass is 16.5. The molecule has 0 radical (unpaired) electrons. The van der Waals surface area contributed by atoms with Crippen molar-refractivity contribution < 1.29 is 24.2 Å². The highest BCUT2D eigenvalue weighted by molar-refractivity contribution is 6.04. The number of fused-ring (bicyclic) bond motifs is 1. The summed E-state index contributed by atoms with van der Waals surface area (Å²) in [5, 5.41) is 18.3. The van der Waals surface area contributed by atoms with Gasteiger partial charge in [-0.05, 0) is 47.9 Å². The number of rotatable bonds is 6. The molecule has 31 heavy (non-hydrogen) atoms. The Morgan fingerprint density at radius 3 is 2.68 bits per heavy atom. The lowest BCUT2D eigenvalue weighted by Gasteiger charge is -2.24. The highest BCUT2D eigenvalue weighted by Crippen LogP contribution is 2.31. The Morgan fingerprint density at radius 1 is 1.16 bits per heavy atom. The third-order valence-electron chi connectivity index (χ3n) is 5.30. The lowest BCUT2D eigenvalue weighted by molar-refractivity contribution is -0.138. The molecular formula is C23H25N3O5. The van der Waals surface area contributed by atoms with E-state index in [0.717, 1.165) is 30.0 Å². The van der Waals surface area contributed by atoms with E-state index in [-0.39, 0.29) is 18.2 Å². The van der Waals surface area contributed by atoms with Crippen LogP contribution in [-0.2, 0) is 16.0 Å². The first-order valence-electron chi connectivity index (χ1n) is 10.3. The van der Waals surface area contributed by atoms with Gasteiger partial charge in [-0.15, -0.1) is 0 Å². The monoisotopic (exact) mass is 423 g/mol. The number of aliphatic carboxylic acids is 1. The molecule has 2 N–H and O–H groups in total. The third kappa shape index (κ3) is 5.61. The molecule has 2 aromatic rings. The molecular weight excluding hydrogens is 398 g/mol. The highest BCUT2D eigenvalue weighted by Gasteiger charge is 2.22. The molecule has 1 fully saturated rings. The molecule has 162 valence electrons. The first-order chi connectivity index (χ1) is 15.1. The number of nitrogens with zero attached hydrogens (tertiary/aromatic N) is 2. The number of morpholine rings is 1. The van der Waals surface area contributed by atoms with Gasteiger partial charge in [-0.25, -0.2) is 0 Å². The lowest BCUT2D eigenvalue weighted by Crippen LogP contribution is -2.32. The Balaban J connectivity index is 1.37. The summed E-state index contributed by atoms with van der Waals surface area (Å²) in [7, 11) is 0. The van der Waals surface area contributed by atoms with Crippen molar-refractivity contribution in [3.8, 4) is 5.75 Å². The smallest absolute Gasteiger partial charge is 0.303 e. The minimum absolute atomic E-state index is 0.0667. The fourth-order valence-electron chi connectivity index (χ4n) is 3.65. The van der Waals surface area contributed by atoms with Gasteiger partial charge in [0, 0.05) is 17.2 Å². The van der Waals surface area contributed by atoms with Gasteiger partial charge in [-0.1, -0.05) is 12.1 Å². The van der Waals surface area contributed by atoms with Gasteiger partial charge in [-0.3, -0.25) is 14.6 Å². The maximum absolute atomic E-state index is 12.6. The average Bonchev–Trinajstić information content (AvgIpc) is 2.78. The number of anilines is 1. The zero-order valence-electron chi connectivity index (χ0n) is 17.1. The zero-order valence-corrected chi connectivity index (χ0v) is 17.1. The van der Waals surface area contributed by atoms with E-state index in [1.54, 1.807) is 24.4 Å². The molecule has 4 rings (SSSR count). The van der Waals surface area contributed by atoms with Gasteiger partial charge in [0.15, 0.2) is 0 Å². The summed E-state index contributed by atoms with van der Waals surface area (Å²) in [4.78, 5) is 23.6. The van der Waals surface area contributed by atoms with E-state index < -0.39 is 5.97 Å². The SMILES string of the molecule is O=C(O)CC1COc2ccc(NC(=O)c3ccc(C=NN4CCOCC4)cc3)cc2C1. The molecule has 0 spiro atoms. The lowest BCUT2D eigenvalue weighted by atomic mass is 9.94. The first kappa shape index (κ1) is 20.9. The Bertz CT molecular complexity index is 968. The molecule has 2 aliphatic rings. The van der Waals surface area contributed by atoms with Gasteiger partial charge >= 0.3 is 5.97 Å². The molecule has 0 aromatic heterocycles. The van der Waals surface area contributed by atoms with Crippen molar-refractivity contribution in [3.05, 3.63) is 59.2 Å². The molecule has 2 heterocycles. The standard InChI is InChI=1S/C23H25N3O5/c27-22(28)12-17-11-19-13-20(5-6-21(19)31-15-17)25-23(29)18-3-1-16(2-4-18)14-24-26-7-9-30-10-8-26/h1-6,13-14,17H,7-12,15H2,(H,25,29)(H,27,28). The number of benzene rings is 2. The molecule has 0 bridgehead atoms. The van der Waals surface area contributed by atoms with Gasteiger partial charge in [0.1, 0.15) is 5.75 Å². The molecule has 8 heteroatoms. The van der Waals surface area contributed by atoms with Gasteiger partial charge in [0.25, 0.3) is 5.91 Å². The van der Waals surface area contributed by atoms with Crippen LogP contribution in [0.15, 0.2) is 47.6 Å². The second-order valence-electron chi connectivity index (χ2n) is 7.69. The quantitative estimate of drug-likeness (QED) is 0.693. The van der Waals surface area contributed by atoms with Crippen molar-refractivity contribution in [1.29, 1.82) is 0 Å². The summed E-state index contributed by atoms with van der Waals surface area (Å²) < 4.78 is 11.0. The van der Waals surface area contributed by atoms with E-state index in [2.05, 4.69) is 10.4 Å². The van der Waals surface area contributed by atoms with Crippen molar-refractivity contribution in [1.82, 2.24) is 5.01 Å². The average molecular weight is 423 g/mol. The number of hydrogen-bond acceptors (Lipinski definition) is 6. The summed E-state index contributed by atoms with van der Waals surface area (Å²) in [5.74, 6) is -0.374. The Hall–Kier alpha value is -3.39. The molecule has 2 aliphatic heterocycles. The van der Waals surface area contributed by atoms with Crippen LogP contribution >= 0.6 is 0 Å². The normalized spacial score (nSPS) is 18.3. The summed E-state index contributed by atoms with van der Waals surface area (Å²) in [6, 6.07) is 12.7. The number of carbonyl (C=O) groups is 2. The van der Waals surface area contributed by atoms with Crippen LogP contribution in [0.4, 0.5) is 5.69 Å². The molecule has 0 saturated carbocycles. The largest absolute Gasteiger partial charge is 0.493 e. The van der Waals surface area contributed by atoms with Gasteiger partial charge in [0.2, 0.25) is 0 Å². The van der Waals surface area contributed by atoms with E-state index in [0.29, 0.717) is 37.5 Å². The van der Waals surface area contributed by atoms with Crippen LogP contribution in [0.3, 0.4) is 0 Å². The number of hydrazone groups is 1. The Labute approximate surface area is 180 Å². The molecule has 8 nitrogen and oxygen atoms in total. The molecule has 0 aliphatic carbocycles. The molecule has 1 atom stereocenters. The minimum Gasteiger partial charge on any atom is -0.493 e. The van der Waals surface area contributed by atoms with E-state index in [1.807, 2.05) is 29.3 Å². The van der Waals surface area contributed by atoms with Crippen molar-refractivity contribution in [2.24, 2.45) is 11.0 Å². The minimum atomic E-state index is -0.833. The van der Waals surface area contributed by atoms with Crippen molar-refractivity contribution in [2.45, 2.75) is 12.8 Å². The number of nitrogens with one attached hydrogen (secondary N) is 1. The zero-order chi connectivity index (χ0) is 21.6. The maximum atomic E-state index is 12.6. The predicted octanol–water partition coefficient (Wildman–Crippen LogP) is 2.63. The van der Waals surface area contributed by atoms with Crippen LogP contribution in [0, 0.1) is 5.92 Å². The topological polar surface area (TPSA) is 100 Å². The van der Waals surface area contributed by atoms with Crippen LogP contribution in [0.25, 0.3) is 0 Å². The summed E-state index contributed by atoms with van der Waals surface area (Å²) in [6.45, 7) is 3.32. The van der Waals surface area contributed by atoms with Crippen molar-refractivity contribution in [2.75, 3.05) is 38.2 Å². The van der Waals surface area contributed by atoms with Crippen LogP contribution < -0.4 is 10.1 Å². The summed E-state index contributed by atoms with van der Waals surface area (Å²) in [5.41, 5.74) is 3.02.